The highest BCUT2D eigenvalue weighted by Crippen LogP contribution is 2.27. The number of ether oxygens (including phenoxy) is 2. The van der Waals surface area contributed by atoms with Gasteiger partial charge in [-0.25, -0.2) is 9.59 Å². The Hall–Kier alpha value is -1.61. The van der Waals surface area contributed by atoms with Crippen molar-refractivity contribution >= 4 is 24.0 Å². The van der Waals surface area contributed by atoms with E-state index in [1.54, 1.807) is 0 Å². The molecule has 0 N–H and O–H groups in total. The normalized spacial score (nSPS) is 18.2. The van der Waals surface area contributed by atoms with Crippen molar-refractivity contribution in [2.75, 3.05) is 13.2 Å². The molecule has 0 bridgehead atoms. The van der Waals surface area contributed by atoms with Crippen LogP contribution in [-0.2, 0) is 18.8 Å². The third kappa shape index (κ3) is 7.27. The van der Waals surface area contributed by atoms with E-state index < -0.39 is 11.9 Å². The first-order valence-electron chi connectivity index (χ1n) is 10.8. The third-order valence-electron chi connectivity index (χ3n) is 5.89. The molecule has 0 aromatic heterocycles. The van der Waals surface area contributed by atoms with Crippen molar-refractivity contribution in [3.8, 4) is 0 Å². The smallest absolute Gasteiger partial charge is 0.338 e. The van der Waals surface area contributed by atoms with Gasteiger partial charge in [0.25, 0.3) is 0 Å². The minimum Gasteiger partial charge on any atom is -0.691 e. The number of benzene rings is 1. The van der Waals surface area contributed by atoms with Crippen LogP contribution in [0.5, 0.6) is 0 Å². The number of esters is 2. The minimum absolute atomic E-state index is 0.218. The lowest BCUT2D eigenvalue weighted by molar-refractivity contribution is -0.777. The van der Waals surface area contributed by atoms with Gasteiger partial charge in [0.15, 0.2) is 0 Å². The summed E-state index contributed by atoms with van der Waals surface area (Å²) in [7, 11) is 0. The molecule has 0 spiro atoms. The Kier molecular flexibility index (Phi) is 9.45. The number of hydrogen-bond donors (Lipinski definition) is 0. The zero-order chi connectivity index (χ0) is 21.2. The lowest BCUT2D eigenvalue weighted by atomic mass is 9.90. The molecule has 7 nitrogen and oxygen atoms in total. The van der Waals surface area contributed by atoms with Crippen LogP contribution in [0.15, 0.2) is 23.1 Å². The van der Waals surface area contributed by atoms with Gasteiger partial charge in [0, 0.05) is 4.90 Å². The molecule has 30 heavy (non-hydrogen) atoms. The maximum absolute atomic E-state index is 12.6. The first kappa shape index (κ1) is 23.1. The van der Waals surface area contributed by atoms with E-state index >= 15 is 0 Å². The van der Waals surface area contributed by atoms with Gasteiger partial charge in [-0.15, -0.1) is 0 Å². The molecule has 0 radical (unpaired) electrons. The van der Waals surface area contributed by atoms with Gasteiger partial charge in [-0.2, -0.15) is 4.33 Å². The summed E-state index contributed by atoms with van der Waals surface area (Å²) >= 11 is 0.626. The summed E-state index contributed by atoms with van der Waals surface area (Å²) in [6, 6.07) is 4.48. The molecule has 1 aromatic rings. The lowest BCUT2D eigenvalue weighted by Crippen LogP contribution is -2.18. The van der Waals surface area contributed by atoms with E-state index in [-0.39, 0.29) is 11.1 Å². The Labute approximate surface area is 181 Å². The van der Waals surface area contributed by atoms with E-state index in [1.807, 2.05) is 0 Å². The molecule has 8 heteroatoms. The van der Waals surface area contributed by atoms with E-state index in [4.69, 9.17) is 9.47 Å². The van der Waals surface area contributed by atoms with Crippen LogP contribution in [-0.4, -0.2) is 25.2 Å². The molecule has 1 aromatic carbocycles. The van der Waals surface area contributed by atoms with Crippen molar-refractivity contribution in [1.29, 1.82) is 0 Å². The second kappa shape index (κ2) is 12.3. The average molecular weight is 438 g/mol. The van der Waals surface area contributed by atoms with E-state index in [2.05, 4.69) is 9.37 Å². The highest BCUT2D eigenvalue weighted by molar-refractivity contribution is 7.94. The van der Waals surface area contributed by atoms with Gasteiger partial charge in [0.1, 0.15) is 0 Å². The summed E-state index contributed by atoms with van der Waals surface area (Å²) in [6.07, 6.45) is 11.4. The second-order valence-corrected chi connectivity index (χ2v) is 8.94. The van der Waals surface area contributed by atoms with Crippen molar-refractivity contribution in [1.82, 2.24) is 0 Å². The molecule has 2 aliphatic carbocycles. The van der Waals surface area contributed by atoms with E-state index in [0.717, 1.165) is 51.4 Å². The highest BCUT2D eigenvalue weighted by atomic mass is 32.2. The van der Waals surface area contributed by atoms with Crippen LogP contribution in [0.1, 0.15) is 84.9 Å². The van der Waals surface area contributed by atoms with E-state index in [1.165, 1.54) is 31.0 Å². The summed E-state index contributed by atoms with van der Waals surface area (Å²) in [5.41, 5.74) is 0.435. The van der Waals surface area contributed by atoms with E-state index in [0.29, 0.717) is 42.0 Å². The van der Waals surface area contributed by atoms with Crippen LogP contribution in [0.25, 0.3) is 0 Å². The molecule has 2 aliphatic rings. The van der Waals surface area contributed by atoms with Crippen LogP contribution in [0.2, 0.25) is 0 Å². The molecule has 3 rings (SSSR count). The van der Waals surface area contributed by atoms with Crippen LogP contribution in [0, 0.1) is 11.8 Å². The van der Waals surface area contributed by atoms with Gasteiger partial charge in [-0.3, -0.25) is 5.04 Å². The summed E-state index contributed by atoms with van der Waals surface area (Å²) < 4.78 is 15.3. The van der Waals surface area contributed by atoms with Gasteiger partial charge in [-0.05, 0) is 55.7 Å². The number of hydrogen-bond acceptors (Lipinski definition) is 8. The second-order valence-electron chi connectivity index (χ2n) is 8.17. The topological polar surface area (TPSA) is 94.1 Å². The first-order valence-corrected chi connectivity index (χ1v) is 11.5. The van der Waals surface area contributed by atoms with Crippen LogP contribution in [0.3, 0.4) is 0 Å². The van der Waals surface area contributed by atoms with Gasteiger partial charge < -0.3 is 14.7 Å². The number of rotatable bonds is 9. The molecular weight excluding hydrogens is 408 g/mol. The zero-order valence-electron chi connectivity index (χ0n) is 17.1. The average Bonchev–Trinajstić information content (AvgIpc) is 2.80. The van der Waals surface area contributed by atoms with Crippen molar-refractivity contribution < 1.29 is 33.7 Å². The molecule has 0 aliphatic heterocycles. The summed E-state index contributed by atoms with van der Waals surface area (Å²) in [6.45, 7) is 0.746. The molecule has 2 saturated carbocycles. The molecule has 0 atom stereocenters. The highest BCUT2D eigenvalue weighted by Gasteiger charge is 2.20. The molecule has 2 fully saturated rings. The predicted octanol–water partition coefficient (Wildman–Crippen LogP) is 4.39. The van der Waals surface area contributed by atoms with Gasteiger partial charge in [0.05, 0.1) is 36.4 Å². The van der Waals surface area contributed by atoms with Crippen LogP contribution >= 0.6 is 12.0 Å². The summed E-state index contributed by atoms with van der Waals surface area (Å²) in [5.74, 6) is -0.241. The van der Waals surface area contributed by atoms with Gasteiger partial charge in [0.2, 0.25) is 0 Å². The Morgan fingerprint density at radius 3 is 1.70 bits per heavy atom. The molecule has 0 heterocycles. The largest absolute Gasteiger partial charge is 0.691 e. The fourth-order valence-corrected chi connectivity index (χ4v) is 4.65. The Bertz CT molecular complexity index is 644. The molecule has 0 unspecified atom stereocenters. The Morgan fingerprint density at radius 1 is 0.800 bits per heavy atom. The fraction of sp³-hybridized carbons (Fsp3) is 0.636. The monoisotopic (exact) mass is 437 g/mol. The Balaban J connectivity index is 1.63. The predicted molar refractivity (Wildman–Crippen MR) is 108 cm³/mol. The summed E-state index contributed by atoms with van der Waals surface area (Å²) in [5, 5.41) is 13.6. The maximum Gasteiger partial charge on any atom is 0.338 e. The molecule has 0 saturated heterocycles. The molecule has 166 valence electrons. The van der Waals surface area contributed by atoms with Crippen LogP contribution < -0.4 is 5.26 Å². The standard InChI is InChI=1S/C22H30O7S/c23-21(26-14-16-7-3-1-4-8-16)18-11-19(13-20(12-18)30-29-28-25)22(24)27-15-17-9-5-2-6-10-17/h11-13,16-17,25H,1-10,14-15H2/p-1. The SMILES string of the molecule is O=C(OCC1CCCCC1)c1cc(SOO[O-])cc(C(=O)OCC2CCCCC2)c1. The first-order chi connectivity index (χ1) is 14.7. The Morgan fingerprint density at radius 2 is 1.27 bits per heavy atom. The summed E-state index contributed by atoms with van der Waals surface area (Å²) in [4.78, 5) is 25.5. The molecular formula is C22H29O7S-. The third-order valence-corrected chi connectivity index (χ3v) is 6.44. The lowest BCUT2D eigenvalue weighted by Gasteiger charge is -2.21. The number of carbonyl (C=O) groups excluding carboxylic acids is 2. The maximum atomic E-state index is 12.6. The minimum atomic E-state index is -0.507. The van der Waals surface area contributed by atoms with Gasteiger partial charge >= 0.3 is 11.9 Å². The van der Waals surface area contributed by atoms with E-state index in [9.17, 15) is 14.8 Å². The quantitative estimate of drug-likeness (QED) is 0.243. The van der Waals surface area contributed by atoms with Gasteiger partial charge in [-0.1, -0.05) is 38.5 Å². The zero-order valence-corrected chi connectivity index (χ0v) is 18.0. The fourth-order valence-electron chi connectivity index (χ4n) is 4.20. The van der Waals surface area contributed by atoms with Crippen molar-refractivity contribution in [2.24, 2.45) is 11.8 Å². The van der Waals surface area contributed by atoms with Crippen molar-refractivity contribution in [3.05, 3.63) is 29.3 Å². The van der Waals surface area contributed by atoms with Crippen molar-refractivity contribution in [3.63, 3.8) is 0 Å². The van der Waals surface area contributed by atoms with Crippen molar-refractivity contribution in [2.45, 2.75) is 69.1 Å². The van der Waals surface area contributed by atoms with Crippen LogP contribution in [0.4, 0.5) is 0 Å². The molecule has 0 amide bonds. The number of carbonyl (C=O) groups is 2.